The maximum absolute atomic E-state index is 5.78. The van der Waals surface area contributed by atoms with E-state index >= 15 is 0 Å². The summed E-state index contributed by atoms with van der Waals surface area (Å²) in [6.07, 6.45) is 11.2. The highest BCUT2D eigenvalue weighted by Crippen LogP contribution is 2.40. The molecule has 1 aromatic heterocycles. The Morgan fingerprint density at radius 2 is 1.75 bits per heavy atom. The van der Waals surface area contributed by atoms with Crippen molar-refractivity contribution in [2.24, 2.45) is 5.92 Å². The number of benzene rings is 1. The van der Waals surface area contributed by atoms with Gasteiger partial charge in [0.25, 0.3) is 0 Å². The SMILES string of the molecule is C[C@H]1CCCN(c2cc(N3CCCC[C@H]3C)nc(NC(=S)NCC3(c4ccccc4)CCCC3)n2)C1. The minimum Gasteiger partial charge on any atom is -0.361 e. The first kappa shape index (κ1) is 25.2. The number of anilines is 3. The summed E-state index contributed by atoms with van der Waals surface area (Å²) < 4.78 is 0. The minimum absolute atomic E-state index is 0.147. The van der Waals surface area contributed by atoms with Crippen molar-refractivity contribution >= 4 is 34.9 Å². The third-order valence-electron chi connectivity index (χ3n) is 8.54. The highest BCUT2D eigenvalue weighted by Gasteiger charge is 2.35. The van der Waals surface area contributed by atoms with Crippen molar-refractivity contribution in [2.45, 2.75) is 83.1 Å². The van der Waals surface area contributed by atoms with Gasteiger partial charge in [0.15, 0.2) is 5.11 Å². The topological polar surface area (TPSA) is 56.3 Å². The fourth-order valence-electron chi connectivity index (χ4n) is 6.43. The molecule has 2 aromatic rings. The van der Waals surface area contributed by atoms with E-state index in [1.54, 1.807) is 0 Å². The number of rotatable bonds is 6. The minimum atomic E-state index is 0.147. The van der Waals surface area contributed by atoms with E-state index in [1.165, 1.54) is 63.4 Å². The van der Waals surface area contributed by atoms with Gasteiger partial charge in [-0.05, 0) is 75.6 Å². The van der Waals surface area contributed by atoms with Gasteiger partial charge in [-0.2, -0.15) is 9.97 Å². The van der Waals surface area contributed by atoms with Crippen LogP contribution in [-0.2, 0) is 5.41 Å². The van der Waals surface area contributed by atoms with E-state index in [1.807, 2.05) is 0 Å². The molecule has 0 amide bonds. The summed E-state index contributed by atoms with van der Waals surface area (Å²) >= 11 is 5.78. The summed E-state index contributed by atoms with van der Waals surface area (Å²) in [5.74, 6) is 3.33. The lowest BCUT2D eigenvalue weighted by Gasteiger charge is -2.36. The van der Waals surface area contributed by atoms with Crippen LogP contribution in [0.2, 0.25) is 0 Å². The van der Waals surface area contributed by atoms with Crippen molar-refractivity contribution in [3.8, 4) is 0 Å². The zero-order valence-corrected chi connectivity index (χ0v) is 22.8. The maximum Gasteiger partial charge on any atom is 0.232 e. The Balaban J connectivity index is 1.33. The molecule has 194 valence electrons. The molecule has 3 aliphatic rings. The highest BCUT2D eigenvalue weighted by molar-refractivity contribution is 7.80. The van der Waals surface area contributed by atoms with Crippen molar-refractivity contribution in [1.82, 2.24) is 15.3 Å². The van der Waals surface area contributed by atoms with Crippen molar-refractivity contribution in [3.63, 3.8) is 0 Å². The lowest BCUT2D eigenvalue weighted by molar-refractivity contribution is 0.435. The van der Waals surface area contributed by atoms with Gasteiger partial charge in [0.1, 0.15) is 11.6 Å². The van der Waals surface area contributed by atoms with E-state index in [0.29, 0.717) is 23.0 Å². The maximum atomic E-state index is 5.78. The van der Waals surface area contributed by atoms with Crippen LogP contribution in [0, 0.1) is 5.92 Å². The molecule has 0 spiro atoms. The molecule has 2 aliphatic heterocycles. The molecule has 36 heavy (non-hydrogen) atoms. The first-order chi connectivity index (χ1) is 17.5. The number of hydrogen-bond donors (Lipinski definition) is 2. The van der Waals surface area contributed by atoms with Gasteiger partial charge in [-0.3, -0.25) is 0 Å². The normalized spacial score (nSPS) is 23.9. The Morgan fingerprint density at radius 3 is 2.50 bits per heavy atom. The first-order valence-electron chi connectivity index (χ1n) is 14.0. The summed E-state index contributed by atoms with van der Waals surface area (Å²) in [5, 5.41) is 7.51. The smallest absolute Gasteiger partial charge is 0.232 e. The Hall–Kier alpha value is -2.41. The molecular formula is C29H42N6S. The van der Waals surface area contributed by atoms with Crippen LogP contribution in [-0.4, -0.2) is 47.3 Å². The van der Waals surface area contributed by atoms with Gasteiger partial charge < -0.3 is 20.4 Å². The molecule has 0 bridgehead atoms. The van der Waals surface area contributed by atoms with Gasteiger partial charge in [-0.25, -0.2) is 0 Å². The van der Waals surface area contributed by atoms with Crippen LogP contribution in [0.3, 0.4) is 0 Å². The van der Waals surface area contributed by atoms with Crippen molar-refractivity contribution in [1.29, 1.82) is 0 Å². The average Bonchev–Trinajstić information content (AvgIpc) is 3.38. The Morgan fingerprint density at radius 1 is 0.972 bits per heavy atom. The zero-order chi connectivity index (χ0) is 25.0. The Labute approximate surface area is 222 Å². The molecule has 0 radical (unpaired) electrons. The number of hydrogen-bond acceptors (Lipinski definition) is 5. The average molecular weight is 507 g/mol. The van der Waals surface area contributed by atoms with E-state index in [0.717, 1.165) is 37.8 Å². The Kier molecular flexibility index (Phi) is 7.94. The molecule has 6 nitrogen and oxygen atoms in total. The largest absolute Gasteiger partial charge is 0.361 e. The molecule has 1 aliphatic carbocycles. The van der Waals surface area contributed by atoms with Crippen LogP contribution < -0.4 is 20.4 Å². The van der Waals surface area contributed by atoms with E-state index in [9.17, 15) is 0 Å². The number of thiocarbonyl (C=S) groups is 1. The molecular weight excluding hydrogens is 464 g/mol. The van der Waals surface area contributed by atoms with E-state index < -0.39 is 0 Å². The van der Waals surface area contributed by atoms with Gasteiger partial charge in [-0.1, -0.05) is 50.1 Å². The molecule has 2 N–H and O–H groups in total. The van der Waals surface area contributed by atoms with E-state index in [4.69, 9.17) is 22.2 Å². The van der Waals surface area contributed by atoms with Crippen LogP contribution in [0.1, 0.15) is 77.2 Å². The molecule has 2 saturated heterocycles. The quantitative estimate of drug-likeness (QED) is 0.474. The van der Waals surface area contributed by atoms with Gasteiger partial charge in [0.2, 0.25) is 5.95 Å². The molecule has 3 fully saturated rings. The van der Waals surface area contributed by atoms with Crippen LogP contribution in [0.15, 0.2) is 36.4 Å². The molecule has 3 heterocycles. The molecule has 7 heteroatoms. The monoisotopic (exact) mass is 506 g/mol. The van der Waals surface area contributed by atoms with Crippen LogP contribution in [0.5, 0.6) is 0 Å². The number of nitrogens with zero attached hydrogens (tertiary/aromatic N) is 4. The van der Waals surface area contributed by atoms with Crippen molar-refractivity contribution in [2.75, 3.05) is 41.3 Å². The second-order valence-corrected chi connectivity index (χ2v) is 11.7. The summed E-state index contributed by atoms with van der Waals surface area (Å²) in [6, 6.07) is 13.6. The van der Waals surface area contributed by atoms with Crippen LogP contribution >= 0.6 is 12.2 Å². The number of aromatic nitrogens is 2. The standard InChI is InChI=1S/C29H42N6S/c1-22-11-10-17-34(20-22)25-19-26(35-18-9-6-12-23(35)2)32-27(31-25)33-28(36)30-21-29(15-7-8-16-29)24-13-4-3-5-14-24/h3-5,13-14,19,22-23H,6-12,15-18,20-21H2,1-2H3,(H2,30,31,32,33,36)/t22-,23+/m0/s1. The predicted octanol–water partition coefficient (Wildman–Crippen LogP) is 5.89. The lowest BCUT2D eigenvalue weighted by atomic mass is 9.79. The van der Waals surface area contributed by atoms with E-state index in [-0.39, 0.29) is 5.41 Å². The molecule has 5 rings (SSSR count). The fraction of sp³-hybridized carbons (Fsp3) is 0.621. The molecule has 1 saturated carbocycles. The summed E-state index contributed by atoms with van der Waals surface area (Å²) in [6.45, 7) is 8.64. The van der Waals surface area contributed by atoms with Crippen molar-refractivity contribution < 1.29 is 0 Å². The van der Waals surface area contributed by atoms with Crippen LogP contribution in [0.25, 0.3) is 0 Å². The zero-order valence-electron chi connectivity index (χ0n) is 22.0. The molecule has 2 atom stereocenters. The second-order valence-electron chi connectivity index (χ2n) is 11.3. The summed E-state index contributed by atoms with van der Waals surface area (Å²) in [5.41, 5.74) is 1.56. The third kappa shape index (κ3) is 5.77. The first-order valence-corrected chi connectivity index (χ1v) is 14.4. The summed E-state index contributed by atoms with van der Waals surface area (Å²) in [4.78, 5) is 14.8. The number of piperidine rings is 2. The number of nitrogens with one attached hydrogen (secondary N) is 2. The van der Waals surface area contributed by atoms with Gasteiger partial charge >= 0.3 is 0 Å². The second kappa shape index (κ2) is 11.3. The van der Waals surface area contributed by atoms with Gasteiger partial charge in [-0.15, -0.1) is 0 Å². The third-order valence-corrected chi connectivity index (χ3v) is 8.78. The fourth-order valence-corrected chi connectivity index (χ4v) is 6.59. The van der Waals surface area contributed by atoms with E-state index in [2.05, 4.69) is 70.7 Å². The van der Waals surface area contributed by atoms with Crippen LogP contribution in [0.4, 0.5) is 17.6 Å². The van der Waals surface area contributed by atoms with Gasteiger partial charge in [0.05, 0.1) is 0 Å². The summed E-state index contributed by atoms with van der Waals surface area (Å²) in [7, 11) is 0. The highest BCUT2D eigenvalue weighted by atomic mass is 32.1. The lowest BCUT2D eigenvalue weighted by Crippen LogP contribution is -2.41. The van der Waals surface area contributed by atoms with Gasteiger partial charge in [0, 0.05) is 43.7 Å². The molecule has 1 aromatic carbocycles. The molecule has 0 unspecified atom stereocenters. The predicted molar refractivity (Wildman–Crippen MR) is 154 cm³/mol. The Bertz CT molecular complexity index is 1020. The van der Waals surface area contributed by atoms with Crippen molar-refractivity contribution in [3.05, 3.63) is 42.0 Å².